The highest BCUT2D eigenvalue weighted by Crippen LogP contribution is 2.29. The summed E-state index contributed by atoms with van der Waals surface area (Å²) in [5.74, 6) is -2.81. The highest BCUT2D eigenvalue weighted by molar-refractivity contribution is 7.13. The van der Waals surface area contributed by atoms with Crippen molar-refractivity contribution >= 4 is 23.1 Å². The third kappa shape index (κ3) is 2.33. The molecule has 0 aliphatic heterocycles. The fraction of sp³-hybridized carbons (Fsp3) is 0. The largest absolute Gasteiger partial charge is 0.502 e. The van der Waals surface area contributed by atoms with Gasteiger partial charge in [-0.2, -0.15) is 0 Å². The molecule has 0 aliphatic carbocycles. The molecule has 0 aliphatic rings. The molecule has 5 nitrogen and oxygen atoms in total. The molecule has 2 aromatic heterocycles. The number of ketones is 1. The van der Waals surface area contributed by atoms with Gasteiger partial charge in [0.05, 0.1) is 16.7 Å². The van der Waals surface area contributed by atoms with E-state index in [-0.39, 0.29) is 5.56 Å². The number of furan rings is 1. The molecule has 0 unspecified atom stereocenters. The Bertz CT molecular complexity index is 606. The minimum Gasteiger partial charge on any atom is -0.502 e. The summed E-state index contributed by atoms with van der Waals surface area (Å²) >= 11 is 1.39. The number of carbonyl (C=O) groups is 2. The van der Waals surface area contributed by atoms with Gasteiger partial charge < -0.3 is 14.6 Å². The maximum Gasteiger partial charge on any atom is 0.371 e. The Kier molecular flexibility index (Phi) is 3.29. The summed E-state index contributed by atoms with van der Waals surface area (Å²) in [7, 11) is 0. The van der Waals surface area contributed by atoms with Crippen molar-refractivity contribution in [3.63, 3.8) is 0 Å². The van der Waals surface area contributed by atoms with Gasteiger partial charge in [-0.25, -0.2) is 4.79 Å². The lowest BCUT2D eigenvalue weighted by Gasteiger charge is -1.96. The summed E-state index contributed by atoms with van der Waals surface area (Å²) in [4.78, 5) is 23.0. The standard InChI is InChI=1S/C12H8O5S/c13-8(6-9(14)12(15)16)7-3-4-17-11(7)10-2-1-5-18-10/h1-6,14H,(H,15,16). The van der Waals surface area contributed by atoms with E-state index in [0.29, 0.717) is 11.8 Å². The summed E-state index contributed by atoms with van der Waals surface area (Å²) < 4.78 is 5.20. The van der Waals surface area contributed by atoms with Gasteiger partial charge in [0.15, 0.2) is 11.5 Å². The Hall–Kier alpha value is -2.34. The molecule has 2 heterocycles. The quantitative estimate of drug-likeness (QED) is 0.503. The van der Waals surface area contributed by atoms with Crippen LogP contribution in [0.5, 0.6) is 0 Å². The Morgan fingerprint density at radius 3 is 2.67 bits per heavy atom. The molecule has 0 amide bonds. The van der Waals surface area contributed by atoms with Crippen molar-refractivity contribution in [2.24, 2.45) is 0 Å². The number of carboxylic acid groups (broad SMARTS) is 1. The predicted molar refractivity (Wildman–Crippen MR) is 64.7 cm³/mol. The summed E-state index contributed by atoms with van der Waals surface area (Å²) in [6.07, 6.45) is 2.00. The second kappa shape index (κ2) is 4.89. The second-order valence-electron chi connectivity index (χ2n) is 3.34. The molecular weight excluding hydrogens is 256 g/mol. The smallest absolute Gasteiger partial charge is 0.371 e. The van der Waals surface area contributed by atoms with E-state index in [1.54, 1.807) is 12.1 Å². The van der Waals surface area contributed by atoms with Crippen LogP contribution >= 0.6 is 11.3 Å². The number of aliphatic hydroxyl groups is 1. The maximum absolute atomic E-state index is 11.8. The van der Waals surface area contributed by atoms with Crippen molar-refractivity contribution in [2.75, 3.05) is 0 Å². The van der Waals surface area contributed by atoms with Gasteiger partial charge in [0.1, 0.15) is 0 Å². The number of hydrogen-bond acceptors (Lipinski definition) is 5. The number of hydrogen-bond donors (Lipinski definition) is 2. The molecule has 6 heteroatoms. The topological polar surface area (TPSA) is 87.7 Å². The molecule has 0 atom stereocenters. The highest BCUT2D eigenvalue weighted by atomic mass is 32.1. The fourth-order valence-corrected chi connectivity index (χ4v) is 2.09. The first-order chi connectivity index (χ1) is 8.59. The van der Waals surface area contributed by atoms with Gasteiger partial charge in [-0.15, -0.1) is 11.3 Å². The monoisotopic (exact) mass is 264 g/mol. The van der Waals surface area contributed by atoms with Crippen LogP contribution < -0.4 is 0 Å². The average Bonchev–Trinajstić information content (AvgIpc) is 2.99. The average molecular weight is 264 g/mol. The molecule has 2 aromatic rings. The Morgan fingerprint density at radius 2 is 2.06 bits per heavy atom. The third-order valence-corrected chi connectivity index (χ3v) is 3.03. The van der Waals surface area contributed by atoms with E-state index in [9.17, 15) is 9.59 Å². The van der Waals surface area contributed by atoms with E-state index < -0.39 is 17.5 Å². The number of rotatable bonds is 4. The first-order valence-electron chi connectivity index (χ1n) is 4.89. The number of aliphatic carboxylic acids is 1. The van der Waals surface area contributed by atoms with Crippen LogP contribution in [0.25, 0.3) is 10.6 Å². The highest BCUT2D eigenvalue weighted by Gasteiger charge is 2.17. The lowest BCUT2D eigenvalue weighted by molar-refractivity contribution is -0.135. The van der Waals surface area contributed by atoms with E-state index >= 15 is 0 Å². The van der Waals surface area contributed by atoms with Crippen LogP contribution in [0, 0.1) is 0 Å². The van der Waals surface area contributed by atoms with Crippen molar-refractivity contribution in [1.29, 1.82) is 0 Å². The molecule has 0 spiro atoms. The lowest BCUT2D eigenvalue weighted by Crippen LogP contribution is -2.03. The molecular formula is C12H8O5S. The molecule has 2 N–H and O–H groups in total. The number of thiophene rings is 1. The van der Waals surface area contributed by atoms with Gasteiger partial charge in [0.2, 0.25) is 5.76 Å². The van der Waals surface area contributed by atoms with Crippen LogP contribution in [0.1, 0.15) is 10.4 Å². The number of allylic oxidation sites excluding steroid dienone is 1. The third-order valence-electron chi connectivity index (χ3n) is 2.16. The van der Waals surface area contributed by atoms with Crippen molar-refractivity contribution in [1.82, 2.24) is 0 Å². The molecule has 0 radical (unpaired) electrons. The van der Waals surface area contributed by atoms with Crippen LogP contribution in [0.3, 0.4) is 0 Å². The summed E-state index contributed by atoms with van der Waals surface area (Å²) in [5.41, 5.74) is 0.213. The van der Waals surface area contributed by atoms with Crippen molar-refractivity contribution in [3.05, 3.63) is 47.2 Å². The zero-order chi connectivity index (χ0) is 13.1. The number of carbonyl (C=O) groups excluding carboxylic acids is 1. The van der Waals surface area contributed by atoms with Crippen LogP contribution in [-0.2, 0) is 4.79 Å². The fourth-order valence-electron chi connectivity index (χ4n) is 1.37. The van der Waals surface area contributed by atoms with Gasteiger partial charge in [0.25, 0.3) is 0 Å². The van der Waals surface area contributed by atoms with Gasteiger partial charge in [-0.3, -0.25) is 4.79 Å². The van der Waals surface area contributed by atoms with E-state index in [4.69, 9.17) is 14.6 Å². The summed E-state index contributed by atoms with van der Waals surface area (Å²) in [6.45, 7) is 0. The Balaban J connectivity index is 2.36. The number of carboxylic acids is 1. The molecule has 18 heavy (non-hydrogen) atoms. The predicted octanol–water partition coefficient (Wildman–Crippen LogP) is 2.72. The molecule has 0 saturated heterocycles. The maximum atomic E-state index is 11.8. The van der Waals surface area contributed by atoms with E-state index in [0.717, 1.165) is 4.88 Å². The van der Waals surface area contributed by atoms with E-state index in [1.165, 1.54) is 23.7 Å². The lowest BCUT2D eigenvalue weighted by atomic mass is 10.1. The van der Waals surface area contributed by atoms with E-state index in [2.05, 4.69) is 0 Å². The van der Waals surface area contributed by atoms with Crippen molar-refractivity contribution < 1.29 is 24.2 Å². The van der Waals surface area contributed by atoms with Gasteiger partial charge in [-0.1, -0.05) is 6.07 Å². The minimum absolute atomic E-state index is 0.213. The van der Waals surface area contributed by atoms with Crippen molar-refractivity contribution in [2.45, 2.75) is 0 Å². The molecule has 92 valence electrons. The van der Waals surface area contributed by atoms with Gasteiger partial charge in [0, 0.05) is 6.08 Å². The van der Waals surface area contributed by atoms with Crippen LogP contribution in [0.4, 0.5) is 0 Å². The van der Waals surface area contributed by atoms with Crippen LogP contribution in [0.15, 0.2) is 46.1 Å². The van der Waals surface area contributed by atoms with Crippen molar-refractivity contribution in [3.8, 4) is 10.6 Å². The SMILES string of the molecule is O=C(O)C(O)=CC(=O)c1ccoc1-c1cccs1. The van der Waals surface area contributed by atoms with Crippen LogP contribution in [0.2, 0.25) is 0 Å². The Labute approximate surface area is 106 Å². The summed E-state index contributed by atoms with van der Waals surface area (Å²) in [5, 5.41) is 19.3. The summed E-state index contributed by atoms with van der Waals surface area (Å²) in [6, 6.07) is 5.02. The first-order valence-corrected chi connectivity index (χ1v) is 5.77. The molecule has 0 fully saturated rings. The zero-order valence-corrected chi connectivity index (χ0v) is 9.81. The van der Waals surface area contributed by atoms with E-state index in [1.807, 2.05) is 5.38 Å². The molecule has 0 bridgehead atoms. The van der Waals surface area contributed by atoms with Gasteiger partial charge in [-0.05, 0) is 17.5 Å². The Morgan fingerprint density at radius 1 is 1.28 bits per heavy atom. The first kappa shape index (κ1) is 12.1. The van der Waals surface area contributed by atoms with Gasteiger partial charge >= 0.3 is 5.97 Å². The minimum atomic E-state index is -1.55. The second-order valence-corrected chi connectivity index (χ2v) is 4.29. The van der Waals surface area contributed by atoms with Crippen LogP contribution in [-0.4, -0.2) is 22.0 Å². The molecule has 0 saturated carbocycles. The number of aliphatic hydroxyl groups excluding tert-OH is 1. The zero-order valence-electron chi connectivity index (χ0n) is 8.99. The molecule has 0 aromatic carbocycles. The molecule has 2 rings (SSSR count). The normalized spacial score (nSPS) is 11.4.